The smallest absolute Gasteiger partial charge is 0.119 e. The molecule has 0 aliphatic heterocycles. The number of thiol groups is 1. The summed E-state index contributed by atoms with van der Waals surface area (Å²) in [4.78, 5) is 0. The molecule has 2 rings (SSSR count). The molecular weight excluding hydrogens is 256 g/mol. The number of benzene rings is 1. The fraction of sp³-hybridized carbons (Fsp3) is 0.400. The summed E-state index contributed by atoms with van der Waals surface area (Å²) in [6.07, 6.45) is 2.07. The van der Waals surface area contributed by atoms with Gasteiger partial charge in [-0.15, -0.1) is 0 Å². The van der Waals surface area contributed by atoms with Crippen molar-refractivity contribution in [3.05, 3.63) is 36.0 Å². The van der Waals surface area contributed by atoms with Gasteiger partial charge in [-0.1, -0.05) is 12.1 Å². The predicted molar refractivity (Wildman–Crippen MR) is 81.9 cm³/mol. The number of methoxy groups -OCH3 is 1. The van der Waals surface area contributed by atoms with E-state index in [1.807, 2.05) is 28.9 Å². The molecule has 0 atom stereocenters. The fourth-order valence-corrected chi connectivity index (χ4v) is 2.11. The van der Waals surface area contributed by atoms with Gasteiger partial charge < -0.3 is 4.74 Å². The highest BCUT2D eigenvalue weighted by molar-refractivity contribution is 7.79. The molecule has 1 aromatic carbocycles. The van der Waals surface area contributed by atoms with Gasteiger partial charge in [-0.05, 0) is 32.9 Å². The molecule has 4 heteroatoms. The Kier molecular flexibility index (Phi) is 3.90. The van der Waals surface area contributed by atoms with Gasteiger partial charge in [0.1, 0.15) is 5.75 Å². The average molecular weight is 276 g/mol. The summed E-state index contributed by atoms with van der Waals surface area (Å²) >= 11 is 4.40. The van der Waals surface area contributed by atoms with Gasteiger partial charge in [-0.2, -0.15) is 17.7 Å². The maximum atomic E-state index is 5.27. The van der Waals surface area contributed by atoms with Crippen molar-refractivity contribution >= 4 is 12.6 Å². The average Bonchev–Trinajstić information content (AvgIpc) is 2.83. The number of aromatic nitrogens is 2. The van der Waals surface area contributed by atoms with Crippen molar-refractivity contribution < 1.29 is 4.74 Å². The van der Waals surface area contributed by atoms with Crippen LogP contribution in [0.5, 0.6) is 5.75 Å². The first-order valence-corrected chi connectivity index (χ1v) is 6.93. The number of ether oxygens (including phenoxy) is 1. The summed E-state index contributed by atoms with van der Waals surface area (Å²) in [5.74, 6) is 1.51. The molecule has 0 fully saturated rings. The number of hydrogen-bond acceptors (Lipinski definition) is 3. The van der Waals surface area contributed by atoms with Gasteiger partial charge in [0.05, 0.1) is 18.3 Å². The van der Waals surface area contributed by atoms with Crippen molar-refractivity contribution in [2.24, 2.45) is 0 Å². The van der Waals surface area contributed by atoms with Crippen LogP contribution in [0.1, 0.15) is 26.3 Å². The van der Waals surface area contributed by atoms with Gasteiger partial charge in [0.15, 0.2) is 0 Å². The van der Waals surface area contributed by atoms with E-state index in [4.69, 9.17) is 9.84 Å². The predicted octanol–water partition coefficient (Wildman–Crippen LogP) is 3.74. The Labute approximate surface area is 120 Å². The van der Waals surface area contributed by atoms with Crippen molar-refractivity contribution in [3.8, 4) is 17.0 Å². The Morgan fingerprint density at radius 1 is 1.32 bits per heavy atom. The van der Waals surface area contributed by atoms with Crippen LogP contribution in [0, 0.1) is 0 Å². The summed E-state index contributed by atoms with van der Waals surface area (Å²) < 4.78 is 7.26. The van der Waals surface area contributed by atoms with Crippen LogP contribution in [0.3, 0.4) is 0 Å². The van der Waals surface area contributed by atoms with Crippen molar-refractivity contribution in [3.63, 3.8) is 0 Å². The third kappa shape index (κ3) is 2.95. The standard InChI is InChI=1S/C15H20N2OS/c1-15(2,3)17-9-12(10-19)14(16-17)11-6-5-7-13(8-11)18-4/h5-9,19H,10H2,1-4H3. The van der Waals surface area contributed by atoms with E-state index < -0.39 is 0 Å². The largest absolute Gasteiger partial charge is 0.497 e. The second kappa shape index (κ2) is 5.29. The zero-order valence-electron chi connectivity index (χ0n) is 11.8. The third-order valence-electron chi connectivity index (χ3n) is 2.99. The SMILES string of the molecule is COc1cccc(-c2nn(C(C)(C)C)cc2CS)c1. The van der Waals surface area contributed by atoms with Crippen LogP contribution < -0.4 is 4.74 Å². The van der Waals surface area contributed by atoms with E-state index in [9.17, 15) is 0 Å². The van der Waals surface area contributed by atoms with Gasteiger partial charge >= 0.3 is 0 Å². The van der Waals surface area contributed by atoms with E-state index in [2.05, 4.69) is 39.6 Å². The fourth-order valence-electron chi connectivity index (χ4n) is 1.88. The quantitative estimate of drug-likeness (QED) is 0.865. The van der Waals surface area contributed by atoms with Crippen LogP contribution >= 0.6 is 12.6 Å². The molecule has 0 amide bonds. The van der Waals surface area contributed by atoms with Gasteiger partial charge in [0.25, 0.3) is 0 Å². The molecule has 0 N–H and O–H groups in total. The van der Waals surface area contributed by atoms with E-state index in [-0.39, 0.29) is 5.54 Å². The van der Waals surface area contributed by atoms with Crippen LogP contribution in [0.2, 0.25) is 0 Å². The van der Waals surface area contributed by atoms with Crippen LogP contribution in [-0.2, 0) is 11.3 Å². The molecular formula is C15H20N2OS. The molecule has 1 heterocycles. The molecule has 0 saturated heterocycles. The van der Waals surface area contributed by atoms with E-state index in [1.54, 1.807) is 7.11 Å². The molecule has 0 saturated carbocycles. The first-order valence-electron chi connectivity index (χ1n) is 6.30. The maximum Gasteiger partial charge on any atom is 0.119 e. The summed E-state index contributed by atoms with van der Waals surface area (Å²) in [5, 5.41) is 4.71. The van der Waals surface area contributed by atoms with E-state index in [0.717, 1.165) is 22.6 Å². The topological polar surface area (TPSA) is 27.1 Å². The lowest BCUT2D eigenvalue weighted by Gasteiger charge is -2.18. The Bertz CT molecular complexity index is 570. The van der Waals surface area contributed by atoms with Gasteiger partial charge in [0.2, 0.25) is 0 Å². The Hall–Kier alpha value is -1.42. The Morgan fingerprint density at radius 3 is 2.63 bits per heavy atom. The number of rotatable bonds is 3. The van der Waals surface area contributed by atoms with Crippen LogP contribution in [-0.4, -0.2) is 16.9 Å². The highest BCUT2D eigenvalue weighted by Gasteiger charge is 2.18. The monoisotopic (exact) mass is 276 g/mol. The molecule has 3 nitrogen and oxygen atoms in total. The molecule has 0 spiro atoms. The summed E-state index contributed by atoms with van der Waals surface area (Å²) in [6.45, 7) is 6.41. The molecule has 102 valence electrons. The van der Waals surface area contributed by atoms with Crippen molar-refractivity contribution in [2.45, 2.75) is 32.1 Å². The Balaban J connectivity index is 2.51. The molecule has 2 aromatic rings. The third-order valence-corrected chi connectivity index (χ3v) is 3.33. The van der Waals surface area contributed by atoms with Crippen molar-refractivity contribution in [2.75, 3.05) is 7.11 Å². The molecule has 0 radical (unpaired) electrons. The highest BCUT2D eigenvalue weighted by Crippen LogP contribution is 2.28. The van der Waals surface area contributed by atoms with Crippen molar-refractivity contribution in [1.82, 2.24) is 9.78 Å². The minimum absolute atomic E-state index is 0.0329. The lowest BCUT2D eigenvalue weighted by Crippen LogP contribution is -2.22. The molecule has 0 unspecified atom stereocenters. The lowest BCUT2D eigenvalue weighted by molar-refractivity contribution is 0.356. The second-order valence-corrected chi connectivity index (χ2v) is 5.82. The maximum absolute atomic E-state index is 5.27. The summed E-state index contributed by atoms with van der Waals surface area (Å²) in [5.41, 5.74) is 3.14. The summed E-state index contributed by atoms with van der Waals surface area (Å²) in [7, 11) is 1.67. The first-order chi connectivity index (χ1) is 8.95. The molecule has 0 bridgehead atoms. The summed E-state index contributed by atoms with van der Waals surface area (Å²) in [6, 6.07) is 7.96. The van der Waals surface area contributed by atoms with Crippen LogP contribution in [0.25, 0.3) is 11.3 Å². The van der Waals surface area contributed by atoms with Gasteiger partial charge in [-0.3, -0.25) is 4.68 Å². The minimum atomic E-state index is -0.0329. The van der Waals surface area contributed by atoms with Gasteiger partial charge in [-0.25, -0.2) is 0 Å². The molecule has 19 heavy (non-hydrogen) atoms. The highest BCUT2D eigenvalue weighted by atomic mass is 32.1. The normalized spacial score (nSPS) is 11.6. The molecule has 0 aliphatic carbocycles. The van der Waals surface area contributed by atoms with E-state index in [1.165, 1.54) is 0 Å². The lowest BCUT2D eigenvalue weighted by atomic mass is 10.1. The second-order valence-electron chi connectivity index (χ2n) is 5.51. The first kappa shape index (κ1) is 14.0. The zero-order chi connectivity index (χ0) is 14.0. The van der Waals surface area contributed by atoms with E-state index in [0.29, 0.717) is 5.75 Å². The Morgan fingerprint density at radius 2 is 2.05 bits per heavy atom. The van der Waals surface area contributed by atoms with Crippen LogP contribution in [0.4, 0.5) is 0 Å². The molecule has 1 aromatic heterocycles. The van der Waals surface area contributed by atoms with E-state index >= 15 is 0 Å². The van der Waals surface area contributed by atoms with Crippen LogP contribution in [0.15, 0.2) is 30.5 Å². The van der Waals surface area contributed by atoms with Crippen molar-refractivity contribution in [1.29, 1.82) is 0 Å². The zero-order valence-corrected chi connectivity index (χ0v) is 12.7. The number of nitrogens with zero attached hydrogens (tertiary/aromatic N) is 2. The number of hydrogen-bond donors (Lipinski definition) is 1. The van der Waals surface area contributed by atoms with Gasteiger partial charge in [0, 0.05) is 23.1 Å². The minimum Gasteiger partial charge on any atom is -0.497 e. The molecule has 0 aliphatic rings.